The molecule has 0 amide bonds. The number of aromatic nitrogens is 6. The molecule has 5 rings (SSSR count). The smallest absolute Gasteiger partial charge is 0.227 e. The van der Waals surface area contributed by atoms with Crippen LogP contribution in [0.5, 0.6) is 0 Å². The summed E-state index contributed by atoms with van der Waals surface area (Å²) in [7, 11) is 2.09. The van der Waals surface area contributed by atoms with Gasteiger partial charge in [-0.2, -0.15) is 4.98 Å². The van der Waals surface area contributed by atoms with Crippen LogP contribution in [0.4, 0.5) is 5.95 Å². The zero-order valence-electron chi connectivity index (χ0n) is 17.0. The molecular formula is C22H21BrClN7. The SMILES string of the molecule is CN(c1nnc(-c2n[nH]c(Cl)n2)n1Cc1ccccc1)C1CCc2cc(Br)ccc2C1. The van der Waals surface area contributed by atoms with Gasteiger partial charge in [-0.25, -0.2) is 5.10 Å². The molecule has 2 aromatic carbocycles. The fourth-order valence-electron chi connectivity index (χ4n) is 4.17. The summed E-state index contributed by atoms with van der Waals surface area (Å²) < 4.78 is 3.20. The third-order valence-corrected chi connectivity index (χ3v) is 6.47. The highest BCUT2D eigenvalue weighted by Gasteiger charge is 2.27. The molecule has 1 unspecified atom stereocenters. The lowest BCUT2D eigenvalue weighted by molar-refractivity contribution is 0.532. The van der Waals surface area contributed by atoms with Crippen LogP contribution in [0.2, 0.25) is 5.28 Å². The van der Waals surface area contributed by atoms with Crippen molar-refractivity contribution in [3.63, 3.8) is 0 Å². The summed E-state index contributed by atoms with van der Waals surface area (Å²) >= 11 is 9.56. The Kier molecular flexibility index (Phi) is 5.50. The third kappa shape index (κ3) is 4.09. The average Bonchev–Trinajstić information content (AvgIpc) is 3.39. The number of H-pyrrole nitrogens is 1. The minimum atomic E-state index is 0.231. The number of anilines is 1. The average molecular weight is 499 g/mol. The van der Waals surface area contributed by atoms with Gasteiger partial charge in [0.25, 0.3) is 0 Å². The molecule has 0 saturated heterocycles. The monoisotopic (exact) mass is 497 g/mol. The summed E-state index contributed by atoms with van der Waals surface area (Å²) in [5.74, 6) is 1.83. The van der Waals surface area contributed by atoms with Gasteiger partial charge in [-0.05, 0) is 59.7 Å². The topological polar surface area (TPSA) is 75.5 Å². The van der Waals surface area contributed by atoms with Gasteiger partial charge in [-0.3, -0.25) is 4.57 Å². The van der Waals surface area contributed by atoms with Crippen LogP contribution in [-0.4, -0.2) is 43.0 Å². The van der Waals surface area contributed by atoms with E-state index in [1.807, 2.05) is 18.2 Å². The first kappa shape index (κ1) is 20.2. The maximum absolute atomic E-state index is 5.97. The van der Waals surface area contributed by atoms with E-state index in [1.54, 1.807) is 0 Å². The molecule has 0 fully saturated rings. The van der Waals surface area contributed by atoms with Crippen molar-refractivity contribution < 1.29 is 0 Å². The molecule has 0 saturated carbocycles. The molecule has 31 heavy (non-hydrogen) atoms. The van der Waals surface area contributed by atoms with Gasteiger partial charge in [-0.15, -0.1) is 15.3 Å². The second-order valence-electron chi connectivity index (χ2n) is 7.77. The number of hydrogen-bond donors (Lipinski definition) is 1. The van der Waals surface area contributed by atoms with Gasteiger partial charge in [0.1, 0.15) is 0 Å². The number of benzene rings is 2. The van der Waals surface area contributed by atoms with Crippen LogP contribution >= 0.6 is 27.5 Å². The summed E-state index contributed by atoms with van der Waals surface area (Å²) in [4.78, 5) is 6.49. The van der Waals surface area contributed by atoms with Crippen molar-refractivity contribution in [2.24, 2.45) is 0 Å². The van der Waals surface area contributed by atoms with E-state index in [1.165, 1.54) is 11.1 Å². The Bertz CT molecular complexity index is 1200. The predicted molar refractivity (Wildman–Crippen MR) is 124 cm³/mol. The summed E-state index contributed by atoms with van der Waals surface area (Å²) in [5, 5.41) is 16.1. The number of nitrogens with zero attached hydrogens (tertiary/aromatic N) is 6. The van der Waals surface area contributed by atoms with Gasteiger partial charge in [0, 0.05) is 17.6 Å². The lowest BCUT2D eigenvalue weighted by Crippen LogP contribution is -2.38. The Labute approximate surface area is 193 Å². The minimum absolute atomic E-state index is 0.231. The predicted octanol–water partition coefficient (Wildman–Crippen LogP) is 4.52. The molecule has 1 N–H and O–H groups in total. The zero-order valence-corrected chi connectivity index (χ0v) is 19.3. The Morgan fingerprint density at radius 1 is 1.16 bits per heavy atom. The quantitative estimate of drug-likeness (QED) is 0.438. The molecule has 7 nitrogen and oxygen atoms in total. The Morgan fingerprint density at radius 2 is 2.00 bits per heavy atom. The third-order valence-electron chi connectivity index (χ3n) is 5.81. The molecule has 2 heterocycles. The number of halogens is 2. The molecule has 9 heteroatoms. The molecule has 0 aliphatic heterocycles. The number of nitrogens with one attached hydrogen (secondary N) is 1. The number of aryl methyl sites for hydroxylation is 1. The van der Waals surface area contributed by atoms with E-state index in [0.717, 1.165) is 35.2 Å². The van der Waals surface area contributed by atoms with Crippen LogP contribution < -0.4 is 4.90 Å². The highest BCUT2D eigenvalue weighted by atomic mass is 79.9. The highest BCUT2D eigenvalue weighted by Crippen LogP contribution is 2.30. The summed E-state index contributed by atoms with van der Waals surface area (Å²) in [5.41, 5.74) is 3.96. The normalized spacial score (nSPS) is 15.6. The van der Waals surface area contributed by atoms with Crippen LogP contribution in [0.1, 0.15) is 23.1 Å². The van der Waals surface area contributed by atoms with E-state index in [2.05, 4.69) is 88.2 Å². The Balaban J connectivity index is 1.49. The van der Waals surface area contributed by atoms with Crippen LogP contribution in [0.25, 0.3) is 11.6 Å². The van der Waals surface area contributed by atoms with Gasteiger partial charge in [0.05, 0.1) is 6.54 Å². The fourth-order valence-corrected chi connectivity index (χ4v) is 4.70. The molecule has 4 aromatic rings. The van der Waals surface area contributed by atoms with Crippen molar-refractivity contribution in [3.8, 4) is 11.6 Å². The van der Waals surface area contributed by atoms with Crippen LogP contribution in [-0.2, 0) is 19.4 Å². The maximum Gasteiger partial charge on any atom is 0.227 e. The molecule has 1 atom stereocenters. The number of fused-ring (bicyclic) bond motifs is 1. The molecule has 158 valence electrons. The first-order valence-corrected chi connectivity index (χ1v) is 11.3. The first-order valence-electron chi connectivity index (χ1n) is 10.1. The first-order chi connectivity index (χ1) is 15.1. The summed E-state index contributed by atoms with van der Waals surface area (Å²) in [6.07, 6.45) is 3.07. The number of hydrogen-bond acceptors (Lipinski definition) is 5. The molecule has 2 aromatic heterocycles. The molecular weight excluding hydrogens is 478 g/mol. The van der Waals surface area contributed by atoms with Crippen LogP contribution in [0.3, 0.4) is 0 Å². The van der Waals surface area contributed by atoms with Gasteiger partial charge in [-0.1, -0.05) is 52.3 Å². The molecule has 0 spiro atoms. The molecule has 1 aliphatic carbocycles. The second-order valence-corrected chi connectivity index (χ2v) is 9.04. The van der Waals surface area contributed by atoms with Crippen molar-refractivity contribution in [1.29, 1.82) is 0 Å². The van der Waals surface area contributed by atoms with E-state index >= 15 is 0 Å². The Morgan fingerprint density at radius 3 is 2.77 bits per heavy atom. The van der Waals surface area contributed by atoms with E-state index in [9.17, 15) is 0 Å². The number of aromatic amines is 1. The van der Waals surface area contributed by atoms with E-state index in [-0.39, 0.29) is 5.28 Å². The van der Waals surface area contributed by atoms with Gasteiger partial charge >= 0.3 is 0 Å². The summed E-state index contributed by atoms with van der Waals surface area (Å²) in [6.45, 7) is 0.616. The van der Waals surface area contributed by atoms with Gasteiger partial charge in [0.15, 0.2) is 0 Å². The van der Waals surface area contributed by atoms with E-state index in [4.69, 9.17) is 11.6 Å². The number of likely N-dealkylation sites (N-methyl/N-ethyl adjacent to an activating group) is 1. The van der Waals surface area contributed by atoms with Gasteiger partial charge < -0.3 is 4.90 Å². The van der Waals surface area contributed by atoms with Crippen molar-refractivity contribution in [1.82, 2.24) is 29.9 Å². The van der Waals surface area contributed by atoms with E-state index < -0.39 is 0 Å². The van der Waals surface area contributed by atoms with Crippen LogP contribution in [0.15, 0.2) is 53.0 Å². The molecule has 1 aliphatic rings. The van der Waals surface area contributed by atoms with Crippen molar-refractivity contribution >= 4 is 33.5 Å². The minimum Gasteiger partial charge on any atom is -0.341 e. The molecule has 0 radical (unpaired) electrons. The lowest BCUT2D eigenvalue weighted by atomic mass is 9.88. The van der Waals surface area contributed by atoms with Crippen molar-refractivity contribution in [2.45, 2.75) is 31.8 Å². The van der Waals surface area contributed by atoms with E-state index in [0.29, 0.717) is 24.2 Å². The fraction of sp³-hybridized carbons (Fsp3) is 0.273. The lowest BCUT2D eigenvalue weighted by Gasteiger charge is -2.33. The second kappa shape index (κ2) is 8.43. The Hall–Kier alpha value is -2.71. The number of rotatable bonds is 5. The van der Waals surface area contributed by atoms with Crippen molar-refractivity contribution in [3.05, 3.63) is 75.0 Å². The molecule has 0 bridgehead atoms. The van der Waals surface area contributed by atoms with Gasteiger partial charge in [0.2, 0.25) is 22.9 Å². The van der Waals surface area contributed by atoms with Crippen LogP contribution in [0, 0.1) is 0 Å². The standard InChI is InChI=1S/C22H21BrClN7/c1-30(18-10-8-15-11-17(23)9-7-16(15)12-18)22-29-27-20(19-25-21(24)28-26-19)31(22)13-14-5-3-2-4-6-14/h2-7,9,11,18H,8,10,12-13H2,1H3,(H,25,26,28). The summed E-state index contributed by atoms with van der Waals surface area (Å²) in [6, 6.07) is 17.1. The highest BCUT2D eigenvalue weighted by molar-refractivity contribution is 9.10. The zero-order chi connectivity index (χ0) is 21.4. The van der Waals surface area contributed by atoms with Crippen molar-refractivity contribution in [2.75, 3.05) is 11.9 Å². The maximum atomic E-state index is 5.97. The largest absolute Gasteiger partial charge is 0.341 e.